The van der Waals surface area contributed by atoms with Gasteiger partial charge in [-0.15, -0.1) is 0 Å². The van der Waals surface area contributed by atoms with Crippen LogP contribution in [0.1, 0.15) is 62.4 Å². The summed E-state index contributed by atoms with van der Waals surface area (Å²) in [6, 6.07) is 13.8. The maximum absolute atomic E-state index is 13.3. The molecule has 2 N–H and O–H groups in total. The lowest BCUT2D eigenvalue weighted by Gasteiger charge is -2.21. The Morgan fingerprint density at radius 1 is 1.00 bits per heavy atom. The van der Waals surface area contributed by atoms with Crippen LogP contribution in [-0.4, -0.2) is 27.0 Å². The number of nitrogens with zero attached hydrogens (tertiary/aromatic N) is 2. The molecule has 0 spiro atoms. The Labute approximate surface area is 209 Å². The highest BCUT2D eigenvalue weighted by atomic mass is 16.2. The quantitative estimate of drug-likeness (QED) is 0.530. The Morgan fingerprint density at radius 3 is 2.44 bits per heavy atom. The average Bonchev–Trinajstić information content (AvgIpc) is 3.57. The molecule has 0 radical (unpaired) electrons. The first-order valence-corrected chi connectivity index (χ1v) is 12.8. The van der Waals surface area contributed by atoms with Gasteiger partial charge in [0.15, 0.2) is 0 Å². The predicted octanol–water partition coefficient (Wildman–Crippen LogP) is 3.69. The number of anilines is 1. The van der Waals surface area contributed by atoms with E-state index in [-0.39, 0.29) is 41.1 Å². The molecule has 2 aromatic carbocycles. The summed E-state index contributed by atoms with van der Waals surface area (Å²) in [5.74, 6) is -0.346. The van der Waals surface area contributed by atoms with E-state index in [4.69, 9.17) is 0 Å². The monoisotopic (exact) mass is 488 g/mol. The van der Waals surface area contributed by atoms with Crippen LogP contribution >= 0.6 is 0 Å². The molecular formula is C28H32N4O4. The van der Waals surface area contributed by atoms with Crippen LogP contribution in [0, 0.1) is 11.8 Å². The molecule has 5 rings (SSSR count). The zero-order valence-corrected chi connectivity index (χ0v) is 20.7. The maximum Gasteiger partial charge on any atom is 0.331 e. The highest BCUT2D eigenvalue weighted by molar-refractivity contribution is 5.97. The molecule has 8 nitrogen and oxygen atoms in total. The van der Waals surface area contributed by atoms with E-state index in [1.165, 1.54) is 4.57 Å². The summed E-state index contributed by atoms with van der Waals surface area (Å²) < 4.78 is 2.99. The third-order valence-corrected chi connectivity index (χ3v) is 7.30. The number of hydrogen-bond acceptors (Lipinski definition) is 4. The minimum Gasteiger partial charge on any atom is -0.349 e. The normalized spacial score (nSPS) is 19.5. The number of carbonyl (C=O) groups excluding carboxylic acids is 2. The van der Waals surface area contributed by atoms with Crippen LogP contribution < -0.4 is 21.9 Å². The molecular weight excluding hydrogens is 456 g/mol. The maximum atomic E-state index is 13.3. The number of hydrogen-bond donors (Lipinski definition) is 2. The lowest BCUT2D eigenvalue weighted by Crippen LogP contribution is -2.42. The molecule has 0 bridgehead atoms. The first-order chi connectivity index (χ1) is 17.3. The molecule has 2 aliphatic carbocycles. The van der Waals surface area contributed by atoms with E-state index < -0.39 is 0 Å². The number of amides is 2. The van der Waals surface area contributed by atoms with E-state index in [9.17, 15) is 19.2 Å². The van der Waals surface area contributed by atoms with E-state index in [0.29, 0.717) is 41.0 Å². The fraction of sp³-hybridized carbons (Fsp3) is 0.429. The molecule has 1 heterocycles. The molecule has 2 unspecified atom stereocenters. The van der Waals surface area contributed by atoms with Crippen molar-refractivity contribution in [2.24, 2.45) is 11.8 Å². The van der Waals surface area contributed by atoms with E-state index >= 15 is 0 Å². The number of benzene rings is 2. The van der Waals surface area contributed by atoms with Gasteiger partial charge in [0, 0.05) is 29.9 Å². The van der Waals surface area contributed by atoms with Crippen LogP contribution in [0.2, 0.25) is 0 Å². The molecule has 1 aromatic heterocycles. The van der Waals surface area contributed by atoms with Crippen LogP contribution in [0.15, 0.2) is 58.1 Å². The number of rotatable bonds is 7. The van der Waals surface area contributed by atoms with Crippen LogP contribution in [0.3, 0.4) is 0 Å². The van der Waals surface area contributed by atoms with Gasteiger partial charge in [0.2, 0.25) is 5.91 Å². The Kier molecular flexibility index (Phi) is 6.51. The van der Waals surface area contributed by atoms with Gasteiger partial charge in [-0.2, -0.15) is 0 Å². The molecule has 2 aliphatic rings. The van der Waals surface area contributed by atoms with Gasteiger partial charge in [0.1, 0.15) is 0 Å². The van der Waals surface area contributed by atoms with Crippen molar-refractivity contribution in [1.82, 2.24) is 14.5 Å². The van der Waals surface area contributed by atoms with Gasteiger partial charge in [0.25, 0.3) is 11.5 Å². The second-order valence-electron chi connectivity index (χ2n) is 10.3. The molecule has 8 heteroatoms. The Balaban J connectivity index is 1.39. The van der Waals surface area contributed by atoms with Crippen molar-refractivity contribution in [3.05, 3.63) is 74.9 Å². The smallest absolute Gasteiger partial charge is 0.331 e. The Bertz CT molecular complexity index is 1420. The van der Waals surface area contributed by atoms with Gasteiger partial charge in [-0.1, -0.05) is 24.6 Å². The van der Waals surface area contributed by atoms with E-state index in [1.807, 2.05) is 32.0 Å². The summed E-state index contributed by atoms with van der Waals surface area (Å²) in [5, 5.41) is 6.39. The third kappa shape index (κ3) is 4.72. The molecule has 0 saturated heterocycles. The molecule has 188 valence electrons. The molecule has 3 aromatic rings. The van der Waals surface area contributed by atoms with Crippen molar-refractivity contribution in [2.75, 3.05) is 5.32 Å². The van der Waals surface area contributed by atoms with Gasteiger partial charge in [0.05, 0.1) is 16.8 Å². The Hall–Kier alpha value is -3.68. The first kappa shape index (κ1) is 24.0. The zero-order chi connectivity index (χ0) is 25.4. The van der Waals surface area contributed by atoms with Crippen molar-refractivity contribution in [1.29, 1.82) is 0 Å². The minimum absolute atomic E-state index is 0.112. The summed E-state index contributed by atoms with van der Waals surface area (Å²) in [6.07, 6.45) is 4.33. The molecule has 36 heavy (non-hydrogen) atoms. The second kappa shape index (κ2) is 9.76. The zero-order valence-electron chi connectivity index (χ0n) is 20.7. The van der Waals surface area contributed by atoms with Crippen molar-refractivity contribution in [3.63, 3.8) is 0 Å². The average molecular weight is 489 g/mol. The lowest BCUT2D eigenvalue weighted by atomic mass is 10.0. The summed E-state index contributed by atoms with van der Waals surface area (Å²) >= 11 is 0. The standard InChI is InChI=1S/C28H32N4O4/c1-17(2)32-24-14-13-20(15-22(24)27(35)31(28(32)36)16-18-11-12-18)29-26(34)21-9-6-10-23(21)30-25(33)19-7-4-3-5-8-19/h3-5,7-8,13-15,17-18,21,23H,6,9-12,16H2,1-2H3,(H,29,34)(H,30,33). The molecule has 0 aliphatic heterocycles. The van der Waals surface area contributed by atoms with Gasteiger partial charge in [-0.25, -0.2) is 4.79 Å². The fourth-order valence-electron chi connectivity index (χ4n) is 5.20. The SMILES string of the molecule is CC(C)n1c(=O)n(CC2CC2)c(=O)c2cc(NC(=O)C3CCCC3NC(=O)c3ccccc3)ccc21. The van der Waals surface area contributed by atoms with Crippen LogP contribution in [-0.2, 0) is 11.3 Å². The van der Waals surface area contributed by atoms with Gasteiger partial charge >= 0.3 is 5.69 Å². The molecule has 2 fully saturated rings. The number of fused-ring (bicyclic) bond motifs is 1. The van der Waals surface area contributed by atoms with E-state index in [2.05, 4.69) is 10.6 Å². The fourth-order valence-corrected chi connectivity index (χ4v) is 5.20. The van der Waals surface area contributed by atoms with E-state index in [0.717, 1.165) is 25.7 Å². The largest absolute Gasteiger partial charge is 0.349 e. The highest BCUT2D eigenvalue weighted by Gasteiger charge is 2.34. The predicted molar refractivity (Wildman–Crippen MR) is 139 cm³/mol. The van der Waals surface area contributed by atoms with Crippen LogP contribution in [0.25, 0.3) is 10.9 Å². The number of nitrogens with one attached hydrogen (secondary N) is 2. The van der Waals surface area contributed by atoms with Crippen LogP contribution in [0.5, 0.6) is 0 Å². The Morgan fingerprint density at radius 2 is 1.75 bits per heavy atom. The minimum atomic E-state index is -0.357. The summed E-state index contributed by atoms with van der Waals surface area (Å²) in [5.41, 5.74) is 1.05. The van der Waals surface area contributed by atoms with Gasteiger partial charge in [-0.3, -0.25) is 23.5 Å². The third-order valence-electron chi connectivity index (χ3n) is 7.30. The van der Waals surface area contributed by atoms with Crippen molar-refractivity contribution in [2.45, 2.75) is 64.6 Å². The first-order valence-electron chi connectivity index (χ1n) is 12.8. The summed E-state index contributed by atoms with van der Waals surface area (Å²) in [7, 11) is 0. The topological polar surface area (TPSA) is 102 Å². The lowest BCUT2D eigenvalue weighted by molar-refractivity contribution is -0.120. The van der Waals surface area contributed by atoms with E-state index in [1.54, 1.807) is 34.9 Å². The van der Waals surface area contributed by atoms with Crippen molar-refractivity contribution < 1.29 is 9.59 Å². The highest BCUT2D eigenvalue weighted by Crippen LogP contribution is 2.30. The number of carbonyl (C=O) groups is 2. The summed E-state index contributed by atoms with van der Waals surface area (Å²) in [6.45, 7) is 4.28. The molecule has 2 atom stereocenters. The van der Waals surface area contributed by atoms with Crippen molar-refractivity contribution in [3.8, 4) is 0 Å². The number of aromatic nitrogens is 2. The molecule has 2 saturated carbocycles. The van der Waals surface area contributed by atoms with Gasteiger partial charge < -0.3 is 10.6 Å². The van der Waals surface area contributed by atoms with Gasteiger partial charge in [-0.05, 0) is 75.8 Å². The summed E-state index contributed by atoms with van der Waals surface area (Å²) in [4.78, 5) is 52.2. The molecule has 2 amide bonds. The van der Waals surface area contributed by atoms with Crippen molar-refractivity contribution >= 4 is 28.4 Å². The van der Waals surface area contributed by atoms with Crippen LogP contribution in [0.4, 0.5) is 5.69 Å². The second-order valence-corrected chi connectivity index (χ2v) is 10.3.